The number of carbonyl (C=O) groups excluding carboxylic acids is 2. The van der Waals surface area contributed by atoms with Crippen molar-refractivity contribution in [3.05, 3.63) is 29.8 Å². The number of hydrogen-bond donors (Lipinski definition) is 5. The molecule has 8 heteroatoms. The minimum absolute atomic E-state index is 0.0872. The number of carboxylic acids is 1. The van der Waals surface area contributed by atoms with Crippen molar-refractivity contribution in [1.82, 2.24) is 5.32 Å². The molecule has 0 saturated heterocycles. The fourth-order valence-electron chi connectivity index (χ4n) is 1.66. The molecule has 2 amide bonds. The largest absolute Gasteiger partial charge is 0.508 e. The predicted molar refractivity (Wildman–Crippen MR) is 73.2 cm³/mol. The Labute approximate surface area is 120 Å². The normalized spacial score (nSPS) is 13.2. The fraction of sp³-hybridized carbons (Fsp3) is 0.308. The van der Waals surface area contributed by atoms with Gasteiger partial charge < -0.3 is 27.0 Å². The maximum absolute atomic E-state index is 11.8. The SMILES string of the molecule is NC(=O)C[C@H](NC(=O)C(N)Cc1ccc(O)cc1)C(=O)O. The van der Waals surface area contributed by atoms with E-state index in [-0.39, 0.29) is 12.2 Å². The Balaban J connectivity index is 2.62. The number of carboxylic acid groups (broad SMARTS) is 1. The molecule has 114 valence electrons. The summed E-state index contributed by atoms with van der Waals surface area (Å²) >= 11 is 0. The summed E-state index contributed by atoms with van der Waals surface area (Å²) in [6.07, 6.45) is -0.345. The lowest BCUT2D eigenvalue weighted by Crippen LogP contribution is -2.50. The Kier molecular flexibility index (Phi) is 5.67. The molecule has 0 aliphatic carbocycles. The number of phenolic OH excluding ortho intramolecular Hbond substituents is 1. The minimum atomic E-state index is -1.40. The first kappa shape index (κ1) is 16.4. The molecule has 0 radical (unpaired) electrons. The van der Waals surface area contributed by atoms with E-state index in [0.29, 0.717) is 5.56 Å². The first-order valence-corrected chi connectivity index (χ1v) is 6.14. The summed E-state index contributed by atoms with van der Waals surface area (Å²) < 4.78 is 0. The molecule has 21 heavy (non-hydrogen) atoms. The number of rotatable bonds is 7. The zero-order valence-corrected chi connectivity index (χ0v) is 11.2. The van der Waals surface area contributed by atoms with Crippen LogP contribution >= 0.6 is 0 Å². The topological polar surface area (TPSA) is 156 Å². The number of nitrogens with two attached hydrogens (primary N) is 2. The number of carbonyl (C=O) groups is 3. The summed E-state index contributed by atoms with van der Waals surface area (Å²) in [6.45, 7) is 0. The first-order chi connectivity index (χ1) is 9.79. The van der Waals surface area contributed by atoms with Gasteiger partial charge in [0.25, 0.3) is 0 Å². The van der Waals surface area contributed by atoms with E-state index in [1.54, 1.807) is 12.1 Å². The van der Waals surface area contributed by atoms with Crippen LogP contribution in [0.4, 0.5) is 0 Å². The molecule has 8 nitrogen and oxygen atoms in total. The monoisotopic (exact) mass is 295 g/mol. The third kappa shape index (κ3) is 5.49. The number of aromatic hydroxyl groups is 1. The Morgan fingerprint density at radius 2 is 1.76 bits per heavy atom. The Morgan fingerprint density at radius 3 is 2.24 bits per heavy atom. The van der Waals surface area contributed by atoms with Crippen LogP contribution in [0.2, 0.25) is 0 Å². The van der Waals surface area contributed by atoms with Crippen molar-refractivity contribution in [2.45, 2.75) is 24.9 Å². The third-order valence-electron chi connectivity index (χ3n) is 2.75. The van der Waals surface area contributed by atoms with Gasteiger partial charge >= 0.3 is 5.97 Å². The highest BCUT2D eigenvalue weighted by atomic mass is 16.4. The molecule has 0 aliphatic heterocycles. The van der Waals surface area contributed by atoms with Gasteiger partial charge in [-0.3, -0.25) is 9.59 Å². The van der Waals surface area contributed by atoms with Gasteiger partial charge in [0, 0.05) is 0 Å². The molecular weight excluding hydrogens is 278 g/mol. The van der Waals surface area contributed by atoms with Gasteiger partial charge in [0.1, 0.15) is 11.8 Å². The van der Waals surface area contributed by atoms with Gasteiger partial charge in [0.05, 0.1) is 12.5 Å². The second kappa shape index (κ2) is 7.25. The molecule has 0 saturated carbocycles. The van der Waals surface area contributed by atoms with Crippen molar-refractivity contribution in [1.29, 1.82) is 0 Å². The Bertz CT molecular complexity index is 529. The summed E-state index contributed by atoms with van der Waals surface area (Å²) in [7, 11) is 0. The molecule has 0 aromatic heterocycles. The maximum atomic E-state index is 11.8. The second-order valence-electron chi connectivity index (χ2n) is 4.55. The van der Waals surface area contributed by atoms with E-state index < -0.39 is 36.3 Å². The number of hydrogen-bond acceptors (Lipinski definition) is 5. The molecule has 2 atom stereocenters. The summed E-state index contributed by atoms with van der Waals surface area (Å²) in [4.78, 5) is 33.4. The quantitative estimate of drug-likeness (QED) is 0.421. The van der Waals surface area contributed by atoms with Gasteiger partial charge in [-0.25, -0.2) is 4.79 Å². The molecule has 0 aliphatic rings. The molecule has 0 bridgehead atoms. The highest BCUT2D eigenvalue weighted by molar-refractivity contribution is 5.90. The van der Waals surface area contributed by atoms with Crippen LogP contribution in [0.25, 0.3) is 0 Å². The van der Waals surface area contributed by atoms with Crippen LogP contribution in [0.3, 0.4) is 0 Å². The number of phenols is 1. The minimum Gasteiger partial charge on any atom is -0.508 e. The van der Waals surface area contributed by atoms with E-state index in [9.17, 15) is 14.4 Å². The molecule has 1 aromatic carbocycles. The van der Waals surface area contributed by atoms with E-state index in [4.69, 9.17) is 21.7 Å². The lowest BCUT2D eigenvalue weighted by molar-refractivity contribution is -0.143. The van der Waals surface area contributed by atoms with E-state index >= 15 is 0 Å². The van der Waals surface area contributed by atoms with E-state index in [1.807, 2.05) is 0 Å². The second-order valence-corrected chi connectivity index (χ2v) is 4.55. The van der Waals surface area contributed by atoms with Crippen LogP contribution in [0, 0.1) is 0 Å². The molecule has 0 spiro atoms. The van der Waals surface area contributed by atoms with Crippen LogP contribution in [-0.2, 0) is 20.8 Å². The molecule has 7 N–H and O–H groups in total. The van der Waals surface area contributed by atoms with Crippen LogP contribution in [0.5, 0.6) is 5.75 Å². The van der Waals surface area contributed by atoms with Crippen molar-refractivity contribution in [2.75, 3.05) is 0 Å². The summed E-state index contributed by atoms with van der Waals surface area (Å²) in [5.74, 6) is -2.81. The molecule has 1 aromatic rings. The van der Waals surface area contributed by atoms with Gasteiger partial charge in [-0.05, 0) is 24.1 Å². The van der Waals surface area contributed by atoms with E-state index in [0.717, 1.165) is 0 Å². The predicted octanol–water partition coefficient (Wildman–Crippen LogP) is -1.29. The van der Waals surface area contributed by atoms with Gasteiger partial charge in [-0.15, -0.1) is 0 Å². The van der Waals surface area contributed by atoms with Gasteiger partial charge in [-0.1, -0.05) is 12.1 Å². The average Bonchev–Trinajstić information content (AvgIpc) is 2.39. The molecule has 1 rings (SSSR count). The Hall–Kier alpha value is -2.61. The standard InChI is InChI=1S/C13H17N3O5/c14-9(5-7-1-3-8(17)4-2-7)12(19)16-10(13(20)21)6-11(15)18/h1-4,9-10,17H,5-6,14H2,(H2,15,18)(H,16,19)(H,20,21)/t9?,10-/m0/s1. The summed E-state index contributed by atoms with van der Waals surface area (Å²) in [5.41, 5.74) is 11.3. The smallest absolute Gasteiger partial charge is 0.326 e. The molecular formula is C13H17N3O5. The van der Waals surface area contributed by atoms with Crippen molar-refractivity contribution in [2.24, 2.45) is 11.5 Å². The number of amides is 2. The zero-order chi connectivity index (χ0) is 16.0. The van der Waals surface area contributed by atoms with Gasteiger partial charge in [-0.2, -0.15) is 0 Å². The summed E-state index contributed by atoms with van der Waals surface area (Å²) in [6, 6.07) is 3.71. The molecule has 0 heterocycles. The van der Waals surface area contributed by atoms with Crippen LogP contribution in [0.15, 0.2) is 24.3 Å². The summed E-state index contributed by atoms with van der Waals surface area (Å²) in [5, 5.41) is 20.2. The van der Waals surface area contributed by atoms with E-state index in [1.165, 1.54) is 12.1 Å². The van der Waals surface area contributed by atoms with Crippen molar-refractivity contribution >= 4 is 17.8 Å². The lowest BCUT2D eigenvalue weighted by Gasteiger charge is -2.16. The van der Waals surface area contributed by atoms with Crippen molar-refractivity contribution in [3.63, 3.8) is 0 Å². The number of aliphatic carboxylic acids is 1. The van der Waals surface area contributed by atoms with Crippen LogP contribution < -0.4 is 16.8 Å². The average molecular weight is 295 g/mol. The first-order valence-electron chi connectivity index (χ1n) is 6.14. The number of nitrogens with one attached hydrogen (secondary N) is 1. The number of primary amides is 1. The van der Waals surface area contributed by atoms with E-state index in [2.05, 4.69) is 5.32 Å². The zero-order valence-electron chi connectivity index (χ0n) is 11.2. The van der Waals surface area contributed by atoms with Crippen molar-refractivity contribution < 1.29 is 24.6 Å². The third-order valence-corrected chi connectivity index (χ3v) is 2.75. The molecule has 1 unspecified atom stereocenters. The Morgan fingerprint density at radius 1 is 1.19 bits per heavy atom. The van der Waals surface area contributed by atoms with Gasteiger partial charge in [0.2, 0.25) is 11.8 Å². The molecule has 0 fully saturated rings. The highest BCUT2D eigenvalue weighted by Gasteiger charge is 2.24. The lowest BCUT2D eigenvalue weighted by atomic mass is 10.1. The van der Waals surface area contributed by atoms with Gasteiger partial charge in [0.15, 0.2) is 0 Å². The highest BCUT2D eigenvalue weighted by Crippen LogP contribution is 2.11. The van der Waals surface area contributed by atoms with Crippen LogP contribution in [0.1, 0.15) is 12.0 Å². The van der Waals surface area contributed by atoms with Crippen LogP contribution in [-0.4, -0.2) is 40.1 Å². The maximum Gasteiger partial charge on any atom is 0.326 e. The fourth-order valence-corrected chi connectivity index (χ4v) is 1.66. The van der Waals surface area contributed by atoms with Crippen molar-refractivity contribution in [3.8, 4) is 5.75 Å². The number of benzene rings is 1.